The number of likely N-dealkylation sites (tertiary alicyclic amines) is 1. The highest BCUT2D eigenvalue weighted by atomic mass is 16.5. The fourth-order valence-electron chi connectivity index (χ4n) is 4.06. The molecule has 158 valence electrons. The number of amides is 1. The summed E-state index contributed by atoms with van der Waals surface area (Å²) in [5.41, 5.74) is 2.04. The number of ether oxygens (including phenoxy) is 2. The summed E-state index contributed by atoms with van der Waals surface area (Å²) >= 11 is 0. The zero-order valence-electron chi connectivity index (χ0n) is 17.3. The average Bonchev–Trinajstić information content (AvgIpc) is 3.10. The van der Waals surface area contributed by atoms with E-state index in [1.165, 1.54) is 0 Å². The Hall–Kier alpha value is -3.06. The molecule has 0 spiro atoms. The van der Waals surface area contributed by atoms with Crippen LogP contribution in [0.3, 0.4) is 0 Å². The number of hydrogen-bond donors (Lipinski definition) is 1. The maximum atomic E-state index is 12.7. The lowest BCUT2D eigenvalue weighted by Crippen LogP contribution is -2.43. The number of furan rings is 1. The second-order valence-electron chi connectivity index (χ2n) is 7.52. The van der Waals surface area contributed by atoms with Crippen molar-refractivity contribution in [2.24, 2.45) is 5.92 Å². The van der Waals surface area contributed by atoms with Crippen molar-refractivity contribution in [2.75, 3.05) is 38.7 Å². The number of methoxy groups -OCH3 is 1. The van der Waals surface area contributed by atoms with E-state index in [1.54, 1.807) is 20.1 Å². The number of esters is 1. The smallest absolute Gasteiger partial charge is 0.310 e. The summed E-state index contributed by atoms with van der Waals surface area (Å²) in [5, 5.41) is 4.87. The van der Waals surface area contributed by atoms with Crippen molar-refractivity contribution in [3.8, 4) is 5.75 Å². The van der Waals surface area contributed by atoms with E-state index in [4.69, 9.17) is 13.9 Å². The SMILES string of the molecule is CCOC(=O)C1CCCN(CC(=O)Nc2cc3oc4ccccc4c3cc2OC)C1. The van der Waals surface area contributed by atoms with Crippen molar-refractivity contribution in [1.82, 2.24) is 4.90 Å². The number of fused-ring (bicyclic) bond motifs is 3. The van der Waals surface area contributed by atoms with E-state index < -0.39 is 0 Å². The Labute approximate surface area is 174 Å². The van der Waals surface area contributed by atoms with Crippen LogP contribution < -0.4 is 10.1 Å². The van der Waals surface area contributed by atoms with Gasteiger partial charge in [0.1, 0.15) is 16.9 Å². The van der Waals surface area contributed by atoms with E-state index in [0.717, 1.165) is 35.7 Å². The highest BCUT2D eigenvalue weighted by Crippen LogP contribution is 2.36. The predicted octanol–water partition coefficient (Wildman–Crippen LogP) is 3.81. The molecule has 30 heavy (non-hydrogen) atoms. The first kappa shape index (κ1) is 20.2. The molecule has 1 saturated heterocycles. The summed E-state index contributed by atoms with van der Waals surface area (Å²) < 4.78 is 16.6. The maximum Gasteiger partial charge on any atom is 0.310 e. The molecule has 0 bridgehead atoms. The normalized spacial score (nSPS) is 17.2. The van der Waals surface area contributed by atoms with Crippen molar-refractivity contribution in [3.05, 3.63) is 36.4 Å². The fraction of sp³-hybridized carbons (Fsp3) is 0.391. The van der Waals surface area contributed by atoms with Gasteiger partial charge in [-0.3, -0.25) is 14.5 Å². The monoisotopic (exact) mass is 410 g/mol. The molecule has 1 fully saturated rings. The van der Waals surface area contributed by atoms with Crippen LogP contribution in [0.2, 0.25) is 0 Å². The van der Waals surface area contributed by atoms with Gasteiger partial charge < -0.3 is 19.2 Å². The Balaban J connectivity index is 1.48. The summed E-state index contributed by atoms with van der Waals surface area (Å²) in [6, 6.07) is 11.5. The van der Waals surface area contributed by atoms with E-state index in [1.807, 2.05) is 35.2 Å². The van der Waals surface area contributed by atoms with Gasteiger partial charge in [-0.25, -0.2) is 0 Å². The minimum absolute atomic E-state index is 0.159. The molecule has 0 radical (unpaired) electrons. The van der Waals surface area contributed by atoms with E-state index in [0.29, 0.717) is 30.2 Å². The van der Waals surface area contributed by atoms with Gasteiger partial charge >= 0.3 is 5.97 Å². The van der Waals surface area contributed by atoms with Crippen LogP contribution in [0.1, 0.15) is 19.8 Å². The number of hydrogen-bond acceptors (Lipinski definition) is 6. The minimum atomic E-state index is -0.181. The van der Waals surface area contributed by atoms with Gasteiger partial charge in [-0.15, -0.1) is 0 Å². The van der Waals surface area contributed by atoms with Crippen LogP contribution in [0.25, 0.3) is 21.9 Å². The molecule has 7 nitrogen and oxygen atoms in total. The van der Waals surface area contributed by atoms with Crippen LogP contribution in [0.5, 0.6) is 5.75 Å². The summed E-state index contributed by atoms with van der Waals surface area (Å²) in [4.78, 5) is 26.7. The molecular formula is C23H26N2O5. The number of anilines is 1. The minimum Gasteiger partial charge on any atom is -0.495 e. The predicted molar refractivity (Wildman–Crippen MR) is 115 cm³/mol. The Morgan fingerprint density at radius 1 is 1.20 bits per heavy atom. The number of benzene rings is 2. The Bertz CT molecular complexity index is 1070. The molecule has 4 rings (SSSR count). The van der Waals surface area contributed by atoms with Crippen LogP contribution in [0, 0.1) is 5.92 Å². The summed E-state index contributed by atoms with van der Waals surface area (Å²) in [6.45, 7) is 3.70. The zero-order valence-corrected chi connectivity index (χ0v) is 17.3. The second-order valence-corrected chi connectivity index (χ2v) is 7.52. The van der Waals surface area contributed by atoms with Gasteiger partial charge in [0.2, 0.25) is 5.91 Å². The number of nitrogens with one attached hydrogen (secondary N) is 1. The maximum absolute atomic E-state index is 12.7. The number of piperidine rings is 1. The Kier molecular flexibility index (Phi) is 5.90. The fourth-order valence-corrected chi connectivity index (χ4v) is 4.06. The third kappa shape index (κ3) is 4.11. The van der Waals surface area contributed by atoms with Crippen LogP contribution in [0.4, 0.5) is 5.69 Å². The first-order valence-corrected chi connectivity index (χ1v) is 10.3. The highest BCUT2D eigenvalue weighted by Gasteiger charge is 2.28. The van der Waals surface area contributed by atoms with Crippen molar-refractivity contribution in [3.63, 3.8) is 0 Å². The lowest BCUT2D eigenvalue weighted by atomic mass is 9.98. The number of para-hydroxylation sites is 1. The van der Waals surface area contributed by atoms with Gasteiger partial charge in [0.05, 0.1) is 31.9 Å². The van der Waals surface area contributed by atoms with Gasteiger partial charge in [-0.05, 0) is 38.4 Å². The molecule has 2 aromatic carbocycles. The molecule has 0 saturated carbocycles. The Morgan fingerprint density at radius 2 is 2.03 bits per heavy atom. The molecule has 1 aliphatic heterocycles. The second kappa shape index (κ2) is 8.75. The van der Waals surface area contributed by atoms with E-state index in [2.05, 4.69) is 5.32 Å². The number of carbonyl (C=O) groups is 2. The first-order valence-electron chi connectivity index (χ1n) is 10.3. The van der Waals surface area contributed by atoms with Crippen LogP contribution in [0.15, 0.2) is 40.8 Å². The molecule has 7 heteroatoms. The largest absolute Gasteiger partial charge is 0.495 e. The molecule has 3 aromatic rings. The van der Waals surface area contributed by atoms with Crippen LogP contribution >= 0.6 is 0 Å². The topological polar surface area (TPSA) is 81.0 Å². The van der Waals surface area contributed by atoms with E-state index in [-0.39, 0.29) is 24.3 Å². The standard InChI is InChI=1S/C23H26N2O5/c1-3-29-23(27)15-7-6-10-25(13-15)14-22(26)24-18-12-20-17(11-21(18)28-2)16-8-4-5-9-19(16)30-20/h4-5,8-9,11-12,15H,3,6-7,10,13-14H2,1-2H3,(H,24,26). The molecule has 1 atom stereocenters. The molecule has 1 aliphatic rings. The summed E-state index contributed by atoms with van der Waals surface area (Å²) in [7, 11) is 1.58. The molecule has 1 N–H and O–H groups in total. The van der Waals surface area contributed by atoms with Gasteiger partial charge in [0.15, 0.2) is 0 Å². The van der Waals surface area contributed by atoms with E-state index in [9.17, 15) is 9.59 Å². The average molecular weight is 410 g/mol. The first-order chi connectivity index (χ1) is 14.6. The van der Waals surface area contributed by atoms with Gasteiger partial charge in [-0.1, -0.05) is 18.2 Å². The summed E-state index contributed by atoms with van der Waals surface area (Å²) in [6.07, 6.45) is 1.67. The molecule has 1 aromatic heterocycles. The molecular weight excluding hydrogens is 384 g/mol. The molecule has 1 unspecified atom stereocenters. The number of carbonyl (C=O) groups excluding carboxylic acids is 2. The lowest BCUT2D eigenvalue weighted by molar-refractivity contribution is -0.150. The number of rotatable bonds is 6. The third-order valence-corrected chi connectivity index (χ3v) is 5.47. The van der Waals surface area contributed by atoms with Crippen molar-refractivity contribution in [1.29, 1.82) is 0 Å². The zero-order chi connectivity index (χ0) is 21.1. The van der Waals surface area contributed by atoms with Gasteiger partial charge in [0, 0.05) is 23.4 Å². The van der Waals surface area contributed by atoms with Crippen LogP contribution in [-0.4, -0.2) is 50.1 Å². The van der Waals surface area contributed by atoms with Crippen molar-refractivity contribution < 1.29 is 23.5 Å². The van der Waals surface area contributed by atoms with Crippen molar-refractivity contribution >= 4 is 39.5 Å². The molecule has 2 heterocycles. The van der Waals surface area contributed by atoms with E-state index >= 15 is 0 Å². The summed E-state index contributed by atoms with van der Waals surface area (Å²) in [5.74, 6) is 0.0614. The van der Waals surface area contributed by atoms with Gasteiger partial charge in [0.25, 0.3) is 0 Å². The third-order valence-electron chi connectivity index (χ3n) is 5.47. The highest BCUT2D eigenvalue weighted by molar-refractivity contribution is 6.07. The quantitative estimate of drug-likeness (QED) is 0.623. The lowest BCUT2D eigenvalue weighted by Gasteiger charge is -2.30. The van der Waals surface area contributed by atoms with Gasteiger partial charge in [-0.2, -0.15) is 0 Å². The number of nitrogens with zero attached hydrogens (tertiary/aromatic N) is 1. The molecule has 1 amide bonds. The van der Waals surface area contributed by atoms with Crippen molar-refractivity contribution in [2.45, 2.75) is 19.8 Å². The Morgan fingerprint density at radius 3 is 2.83 bits per heavy atom. The molecule has 0 aliphatic carbocycles. The van der Waals surface area contributed by atoms with Crippen LogP contribution in [-0.2, 0) is 14.3 Å².